The molecule has 4 rings (SSSR count). The van der Waals surface area contributed by atoms with Crippen molar-refractivity contribution in [1.82, 2.24) is 0 Å². The number of carboxylic acids is 4. The number of phenols is 8. The number of carboxylic acid groups (broad SMARTS) is 4. The van der Waals surface area contributed by atoms with Crippen LogP contribution in [-0.4, -0.2) is 109 Å². The number of aromatic hydroxyl groups is 8. The molecule has 4 unspecified atom stereocenters. The van der Waals surface area contributed by atoms with Crippen LogP contribution in [0.2, 0.25) is 0 Å². The number of hydrogen-bond acceptors (Lipinski definition) is 16. The van der Waals surface area contributed by atoms with Gasteiger partial charge in [-0.3, -0.25) is 9.59 Å². The van der Waals surface area contributed by atoms with E-state index in [1.807, 2.05) is 0 Å². The summed E-state index contributed by atoms with van der Waals surface area (Å²) in [5.41, 5.74) is -0.620. The van der Waals surface area contributed by atoms with Crippen molar-refractivity contribution >= 4 is 48.0 Å². The zero-order chi connectivity index (χ0) is 44.6. The van der Waals surface area contributed by atoms with Crippen molar-refractivity contribution < 1.29 is 99.5 Å². The number of aliphatic carboxylic acids is 4. The Bertz CT molecular complexity index is 2250. The minimum Gasteiger partial charge on any atom is -0.504 e. The predicted octanol–water partition coefficient (Wildman–Crippen LogP) is 2.87. The Hall–Kier alpha value is -8.42. The van der Waals surface area contributed by atoms with E-state index in [1.165, 1.54) is 12.1 Å². The molecule has 314 valence electrons. The van der Waals surface area contributed by atoms with Crippen molar-refractivity contribution in [3.05, 3.63) is 106 Å². The fraction of sp³-hybridized carbons (Fsp3) is 0.150. The SMILES string of the molecule is O=C(C=Cc1cc(O)c(O)c(C(Cc2ccc(O)c(O)c2)C(=O)O)c1)OC(C(=O)O)C(OC(=O)C=Cc1cc(O)c(O)c(C(Cc2ccc(O)c(O)c2)C(=O)O)c1)C(=O)O. The molecular weight excluding hydrogens is 800 g/mol. The standard InChI is InChI=1S/C40H34O20/c41-25-5-1-17(13-27(25)43)11-23(37(51)52)21-9-19(15-29(45)33(21)49)3-7-31(47)59-35(39(55)56)36(40(57)58)60-32(48)8-4-20-10-22(34(50)30(46)16-20)24(38(53)54)12-18-2-6-26(42)28(44)14-18/h1-10,13-16,23-24,35-36,41-46,49-50H,11-12H2,(H,51,52)(H,53,54)(H,55,56)(H,57,58). The molecule has 20 nitrogen and oxygen atoms in total. The van der Waals surface area contributed by atoms with E-state index in [-0.39, 0.29) is 46.2 Å². The molecular formula is C40H34O20. The molecule has 20 heteroatoms. The summed E-state index contributed by atoms with van der Waals surface area (Å²) in [6, 6.07) is 10.8. The van der Waals surface area contributed by atoms with Crippen LogP contribution in [0.5, 0.6) is 46.0 Å². The van der Waals surface area contributed by atoms with E-state index in [1.54, 1.807) is 0 Å². The summed E-state index contributed by atoms with van der Waals surface area (Å²) in [7, 11) is 0. The van der Waals surface area contributed by atoms with Crippen molar-refractivity contribution in [2.24, 2.45) is 0 Å². The van der Waals surface area contributed by atoms with Gasteiger partial charge in [-0.1, -0.05) is 12.1 Å². The van der Waals surface area contributed by atoms with Crippen molar-refractivity contribution in [3.8, 4) is 46.0 Å². The zero-order valence-electron chi connectivity index (χ0n) is 30.4. The minimum atomic E-state index is -2.68. The van der Waals surface area contributed by atoms with Gasteiger partial charge in [0.05, 0.1) is 11.8 Å². The van der Waals surface area contributed by atoms with E-state index in [9.17, 15) is 90.0 Å². The number of esters is 2. The summed E-state index contributed by atoms with van der Waals surface area (Å²) in [6.07, 6.45) is -3.25. The average Bonchev–Trinajstić information content (AvgIpc) is 3.17. The molecule has 4 atom stereocenters. The van der Waals surface area contributed by atoms with E-state index in [2.05, 4.69) is 0 Å². The summed E-state index contributed by atoms with van der Waals surface area (Å²) in [5.74, 6) is -18.8. The summed E-state index contributed by atoms with van der Waals surface area (Å²) in [4.78, 5) is 73.7. The number of benzene rings is 4. The van der Waals surface area contributed by atoms with E-state index in [4.69, 9.17) is 9.47 Å². The van der Waals surface area contributed by atoms with Gasteiger partial charge in [-0.15, -0.1) is 0 Å². The summed E-state index contributed by atoms with van der Waals surface area (Å²) < 4.78 is 9.49. The van der Waals surface area contributed by atoms with Gasteiger partial charge in [-0.05, 0) is 95.8 Å². The molecule has 60 heavy (non-hydrogen) atoms. The maximum atomic E-state index is 12.7. The smallest absolute Gasteiger partial charge is 0.349 e. The second-order valence-electron chi connectivity index (χ2n) is 12.8. The first kappa shape index (κ1) is 44.3. The molecule has 0 spiro atoms. The Morgan fingerprint density at radius 2 is 0.800 bits per heavy atom. The second-order valence-corrected chi connectivity index (χ2v) is 12.8. The molecule has 0 saturated heterocycles. The van der Waals surface area contributed by atoms with Gasteiger partial charge in [0.2, 0.25) is 12.2 Å². The second kappa shape index (κ2) is 18.7. The van der Waals surface area contributed by atoms with Crippen molar-refractivity contribution in [2.75, 3.05) is 0 Å². The van der Waals surface area contributed by atoms with Crippen molar-refractivity contribution in [1.29, 1.82) is 0 Å². The first-order valence-corrected chi connectivity index (χ1v) is 17.0. The van der Waals surface area contributed by atoms with Gasteiger partial charge < -0.3 is 70.8 Å². The molecule has 0 amide bonds. The lowest BCUT2D eigenvalue weighted by molar-refractivity contribution is -0.183. The quantitative estimate of drug-likeness (QED) is 0.0413. The fourth-order valence-electron chi connectivity index (χ4n) is 5.72. The highest BCUT2D eigenvalue weighted by atomic mass is 16.6. The lowest BCUT2D eigenvalue weighted by Gasteiger charge is -2.19. The predicted molar refractivity (Wildman–Crippen MR) is 200 cm³/mol. The van der Waals surface area contributed by atoms with Crippen molar-refractivity contribution in [2.45, 2.75) is 36.9 Å². The Balaban J connectivity index is 1.52. The highest BCUT2D eigenvalue weighted by molar-refractivity contribution is 5.94. The van der Waals surface area contributed by atoms with Crippen LogP contribution in [0.4, 0.5) is 0 Å². The third-order valence-electron chi connectivity index (χ3n) is 8.66. The highest BCUT2D eigenvalue weighted by Gasteiger charge is 2.40. The molecule has 0 saturated carbocycles. The number of carbonyl (C=O) groups is 6. The van der Waals surface area contributed by atoms with Crippen molar-refractivity contribution in [3.63, 3.8) is 0 Å². The Labute approximate surface area is 336 Å². The molecule has 0 aliphatic carbocycles. The van der Waals surface area contributed by atoms with Gasteiger partial charge >= 0.3 is 35.8 Å². The van der Waals surface area contributed by atoms with Crippen LogP contribution < -0.4 is 0 Å². The Kier molecular flexibility index (Phi) is 13.8. The third kappa shape index (κ3) is 10.9. The zero-order valence-corrected chi connectivity index (χ0v) is 30.4. The van der Waals surface area contributed by atoms with E-state index >= 15 is 0 Å². The molecule has 0 fully saturated rings. The number of phenolic OH excluding ortho intramolecular Hbond substituents is 8. The summed E-state index contributed by atoms with van der Waals surface area (Å²) in [6.45, 7) is 0. The summed E-state index contributed by atoms with van der Waals surface area (Å²) >= 11 is 0. The third-order valence-corrected chi connectivity index (χ3v) is 8.66. The lowest BCUT2D eigenvalue weighted by Crippen LogP contribution is -2.45. The first-order chi connectivity index (χ1) is 28.2. The van der Waals surface area contributed by atoms with Crippen LogP contribution in [-0.2, 0) is 51.1 Å². The number of carbonyl (C=O) groups excluding carboxylic acids is 2. The Morgan fingerprint density at radius 3 is 1.10 bits per heavy atom. The molecule has 0 aromatic heterocycles. The number of ether oxygens (including phenoxy) is 2. The molecule has 0 radical (unpaired) electrons. The van der Waals surface area contributed by atoms with Crippen LogP contribution in [0.15, 0.2) is 72.8 Å². The van der Waals surface area contributed by atoms with E-state index in [0.29, 0.717) is 12.2 Å². The Morgan fingerprint density at radius 1 is 0.450 bits per heavy atom. The maximum absolute atomic E-state index is 12.7. The molecule has 12 N–H and O–H groups in total. The molecule has 0 aliphatic rings. The van der Waals surface area contributed by atoms with Crippen LogP contribution in [0.3, 0.4) is 0 Å². The minimum absolute atomic E-state index is 0.145. The van der Waals surface area contributed by atoms with E-state index < -0.39 is 106 Å². The van der Waals surface area contributed by atoms with Crippen LogP contribution in [0.1, 0.15) is 45.2 Å². The monoisotopic (exact) mass is 834 g/mol. The number of rotatable bonds is 17. The normalized spacial score (nSPS) is 13.3. The van der Waals surface area contributed by atoms with Gasteiger partial charge in [0.15, 0.2) is 46.0 Å². The van der Waals surface area contributed by atoms with Gasteiger partial charge in [0.1, 0.15) is 0 Å². The highest BCUT2D eigenvalue weighted by Crippen LogP contribution is 2.40. The molecule has 0 heterocycles. The van der Waals surface area contributed by atoms with Crippen LogP contribution in [0, 0.1) is 0 Å². The molecule has 0 aliphatic heterocycles. The molecule has 4 aromatic carbocycles. The molecule has 0 bridgehead atoms. The lowest BCUT2D eigenvalue weighted by atomic mass is 9.89. The van der Waals surface area contributed by atoms with Gasteiger partial charge in [0, 0.05) is 23.3 Å². The largest absolute Gasteiger partial charge is 0.504 e. The van der Waals surface area contributed by atoms with E-state index in [0.717, 1.165) is 60.7 Å². The summed E-state index contributed by atoms with van der Waals surface area (Å²) in [5, 5.41) is 119. The van der Waals surface area contributed by atoms with Gasteiger partial charge in [-0.25, -0.2) is 19.2 Å². The average molecular weight is 835 g/mol. The first-order valence-electron chi connectivity index (χ1n) is 17.0. The maximum Gasteiger partial charge on any atom is 0.349 e. The van der Waals surface area contributed by atoms with Gasteiger partial charge in [0.25, 0.3) is 0 Å². The number of hydrogen-bond donors (Lipinski definition) is 12. The van der Waals surface area contributed by atoms with Crippen LogP contribution in [0.25, 0.3) is 12.2 Å². The van der Waals surface area contributed by atoms with Crippen LogP contribution >= 0.6 is 0 Å². The molecule has 4 aromatic rings. The van der Waals surface area contributed by atoms with Gasteiger partial charge in [-0.2, -0.15) is 0 Å². The topological polar surface area (TPSA) is 364 Å². The fourth-order valence-corrected chi connectivity index (χ4v) is 5.72.